The molecule has 178 valence electrons. The summed E-state index contributed by atoms with van der Waals surface area (Å²) in [5.41, 5.74) is 8.25. The highest BCUT2D eigenvalue weighted by Crippen LogP contribution is 2.46. The second-order valence-electron chi connectivity index (χ2n) is 8.94. The molecule has 4 aromatic heterocycles. The molecule has 0 atom stereocenters. The van der Waals surface area contributed by atoms with Crippen molar-refractivity contribution in [3.63, 3.8) is 0 Å². The van der Waals surface area contributed by atoms with Gasteiger partial charge in [-0.1, -0.05) is 18.2 Å². The Labute approximate surface area is 212 Å². The van der Waals surface area contributed by atoms with Gasteiger partial charge in [-0.3, -0.25) is 0 Å². The fourth-order valence-corrected chi connectivity index (χ4v) is 5.02. The van der Waals surface area contributed by atoms with Crippen LogP contribution in [-0.4, -0.2) is 24.5 Å². The second-order valence-corrected chi connectivity index (χ2v) is 8.94. The van der Waals surface area contributed by atoms with Crippen LogP contribution in [0.5, 0.6) is 11.6 Å². The van der Waals surface area contributed by atoms with Crippen LogP contribution < -0.4 is 10.1 Å². The number of rotatable bonds is 3. The number of pyridine rings is 1. The number of anilines is 1. The molecule has 0 aliphatic carbocycles. The number of terminal acetylenes is 1. The van der Waals surface area contributed by atoms with Crippen molar-refractivity contribution in [1.29, 1.82) is 0 Å². The maximum absolute atomic E-state index is 6.09. The van der Waals surface area contributed by atoms with Crippen molar-refractivity contribution in [3.05, 3.63) is 78.1 Å². The highest BCUT2D eigenvalue weighted by molar-refractivity contribution is 6.09. The van der Waals surface area contributed by atoms with Crippen LogP contribution in [0.25, 0.3) is 44.5 Å². The van der Waals surface area contributed by atoms with Crippen molar-refractivity contribution in [3.8, 4) is 46.4 Å². The molecule has 5 heterocycles. The van der Waals surface area contributed by atoms with Crippen LogP contribution in [0.2, 0.25) is 0 Å². The normalized spacial score (nSPS) is 12.1. The number of aromatic nitrogens is 5. The number of oxazole rings is 1. The van der Waals surface area contributed by atoms with E-state index in [4.69, 9.17) is 15.6 Å². The van der Waals surface area contributed by atoms with Crippen LogP contribution in [0.3, 0.4) is 0 Å². The summed E-state index contributed by atoms with van der Waals surface area (Å²) in [5.74, 6) is 4.80. The lowest BCUT2D eigenvalue weighted by Gasteiger charge is -2.13. The molecule has 0 unspecified atom stereocenters. The minimum atomic E-state index is 0.264. The molecule has 1 aliphatic rings. The average Bonchev–Trinajstić information content (AvgIpc) is 3.40. The highest BCUT2D eigenvalue weighted by atomic mass is 16.5. The molecule has 0 saturated heterocycles. The summed E-state index contributed by atoms with van der Waals surface area (Å²) in [6.45, 7) is 2.53. The zero-order valence-electron chi connectivity index (χ0n) is 20.1. The van der Waals surface area contributed by atoms with Gasteiger partial charge in [-0.05, 0) is 54.3 Å². The predicted octanol–water partition coefficient (Wildman–Crippen LogP) is 5.85. The fraction of sp³-hybridized carbons (Fsp3) is 0.103. The van der Waals surface area contributed by atoms with Gasteiger partial charge in [0.15, 0.2) is 5.58 Å². The number of aryl methyl sites for hydroxylation is 2. The van der Waals surface area contributed by atoms with Gasteiger partial charge in [-0.2, -0.15) is 0 Å². The van der Waals surface area contributed by atoms with E-state index in [0.717, 1.165) is 56.0 Å². The van der Waals surface area contributed by atoms with Crippen LogP contribution >= 0.6 is 0 Å². The van der Waals surface area contributed by atoms with E-state index in [-0.39, 0.29) is 5.89 Å². The van der Waals surface area contributed by atoms with Gasteiger partial charge in [-0.15, -0.1) is 6.42 Å². The van der Waals surface area contributed by atoms with E-state index in [1.165, 1.54) is 0 Å². The number of benzene rings is 2. The Bertz CT molecular complexity index is 1910. The SMILES string of the molecule is C#Cc1nc2ccc(-c3c4c5c(ncnc5n3C)NCc3cc(Oc5cccc(C)n5)ccc3-4)cc2o1. The molecule has 0 fully saturated rings. The average molecular weight is 485 g/mol. The van der Waals surface area contributed by atoms with Gasteiger partial charge in [0.05, 0.1) is 11.1 Å². The van der Waals surface area contributed by atoms with E-state index in [1.807, 2.05) is 62.5 Å². The lowest BCUT2D eigenvalue weighted by molar-refractivity contribution is 0.461. The summed E-state index contributed by atoms with van der Waals surface area (Å²) in [6, 6.07) is 17.8. The summed E-state index contributed by atoms with van der Waals surface area (Å²) in [5, 5.41) is 4.46. The Morgan fingerprint density at radius 1 is 1.08 bits per heavy atom. The van der Waals surface area contributed by atoms with Crippen molar-refractivity contribution in [2.24, 2.45) is 7.05 Å². The molecule has 0 bridgehead atoms. The monoisotopic (exact) mass is 484 g/mol. The number of nitrogens with zero attached hydrogens (tertiary/aromatic N) is 5. The Morgan fingerprint density at radius 3 is 2.86 bits per heavy atom. The Kier molecular flexibility index (Phi) is 4.53. The first-order valence-electron chi connectivity index (χ1n) is 11.8. The first-order chi connectivity index (χ1) is 18.1. The zero-order valence-corrected chi connectivity index (χ0v) is 20.1. The molecule has 8 heteroatoms. The molecule has 8 nitrogen and oxygen atoms in total. The minimum absolute atomic E-state index is 0.264. The molecule has 2 aromatic carbocycles. The van der Waals surface area contributed by atoms with Crippen LogP contribution in [0.4, 0.5) is 5.82 Å². The number of nitrogens with one attached hydrogen (secondary N) is 1. The lowest BCUT2D eigenvalue weighted by Crippen LogP contribution is -2.03. The molecule has 1 aliphatic heterocycles. The quantitative estimate of drug-likeness (QED) is 0.315. The maximum Gasteiger partial charge on any atom is 0.274 e. The summed E-state index contributed by atoms with van der Waals surface area (Å²) in [7, 11) is 2.01. The standard InChI is InChI=1S/C29H20N6O2/c1-4-23-34-21-11-8-17(13-22(21)37-23)27-25-20-10-9-19(36-24-7-5-6-16(2)33-24)12-18(20)14-30-28-26(25)29(35(27)3)32-15-31-28/h1,5-13,15H,14H2,2-3H3,(H,30,31,32). The molecule has 1 N–H and O–H groups in total. The van der Waals surface area contributed by atoms with Crippen molar-refractivity contribution in [2.75, 3.05) is 5.32 Å². The maximum atomic E-state index is 6.09. The Balaban J connectivity index is 1.43. The van der Waals surface area contributed by atoms with Crippen LogP contribution in [0, 0.1) is 19.3 Å². The van der Waals surface area contributed by atoms with E-state index >= 15 is 0 Å². The van der Waals surface area contributed by atoms with E-state index in [1.54, 1.807) is 6.33 Å². The van der Waals surface area contributed by atoms with E-state index in [9.17, 15) is 0 Å². The number of hydrogen-bond donors (Lipinski definition) is 1. The van der Waals surface area contributed by atoms with Crippen molar-refractivity contribution >= 4 is 28.0 Å². The number of fused-ring (bicyclic) bond motifs is 3. The van der Waals surface area contributed by atoms with Gasteiger partial charge in [0.1, 0.15) is 29.1 Å². The molecule has 0 amide bonds. The van der Waals surface area contributed by atoms with Gasteiger partial charge in [0.25, 0.3) is 5.89 Å². The zero-order chi connectivity index (χ0) is 25.1. The molecule has 37 heavy (non-hydrogen) atoms. The van der Waals surface area contributed by atoms with Crippen molar-refractivity contribution in [1.82, 2.24) is 24.5 Å². The van der Waals surface area contributed by atoms with Crippen LogP contribution in [-0.2, 0) is 13.6 Å². The summed E-state index contributed by atoms with van der Waals surface area (Å²) in [6.07, 6.45) is 7.09. The third kappa shape index (κ3) is 3.32. The van der Waals surface area contributed by atoms with Crippen LogP contribution in [0.15, 0.2) is 65.3 Å². The van der Waals surface area contributed by atoms with E-state index in [0.29, 0.717) is 23.8 Å². The first kappa shape index (κ1) is 21.1. The molecule has 6 aromatic rings. The largest absolute Gasteiger partial charge is 0.439 e. The lowest BCUT2D eigenvalue weighted by atomic mass is 9.95. The van der Waals surface area contributed by atoms with Crippen molar-refractivity contribution < 1.29 is 9.15 Å². The third-order valence-corrected chi connectivity index (χ3v) is 6.63. The number of ether oxygens (including phenoxy) is 1. The van der Waals surface area contributed by atoms with E-state index < -0.39 is 0 Å². The van der Waals surface area contributed by atoms with Gasteiger partial charge >= 0.3 is 0 Å². The van der Waals surface area contributed by atoms with Gasteiger partial charge in [-0.25, -0.2) is 19.9 Å². The van der Waals surface area contributed by atoms with Gasteiger partial charge < -0.3 is 19.0 Å². The highest BCUT2D eigenvalue weighted by Gasteiger charge is 2.27. The Morgan fingerprint density at radius 2 is 2.00 bits per heavy atom. The molecular formula is C29H20N6O2. The molecule has 0 radical (unpaired) electrons. The molecular weight excluding hydrogens is 464 g/mol. The minimum Gasteiger partial charge on any atom is -0.439 e. The first-order valence-corrected chi connectivity index (χ1v) is 11.8. The summed E-state index contributed by atoms with van der Waals surface area (Å²) < 4.78 is 13.9. The second kappa shape index (κ2) is 7.93. The molecule has 0 spiro atoms. The Hall–Kier alpha value is -5.16. The summed E-state index contributed by atoms with van der Waals surface area (Å²) in [4.78, 5) is 18.0. The van der Waals surface area contributed by atoms with Gasteiger partial charge in [0, 0.05) is 36.5 Å². The van der Waals surface area contributed by atoms with Gasteiger partial charge in [0.2, 0.25) is 5.88 Å². The smallest absolute Gasteiger partial charge is 0.274 e. The molecule has 7 rings (SSSR count). The molecule has 0 saturated carbocycles. The number of hydrogen-bond acceptors (Lipinski definition) is 7. The van der Waals surface area contributed by atoms with E-state index in [2.05, 4.69) is 41.8 Å². The van der Waals surface area contributed by atoms with Crippen LogP contribution in [0.1, 0.15) is 17.1 Å². The predicted molar refractivity (Wildman–Crippen MR) is 141 cm³/mol. The summed E-state index contributed by atoms with van der Waals surface area (Å²) >= 11 is 0. The third-order valence-electron chi connectivity index (χ3n) is 6.63. The van der Waals surface area contributed by atoms with Crippen molar-refractivity contribution in [2.45, 2.75) is 13.5 Å². The fourth-order valence-electron chi connectivity index (χ4n) is 5.02. The topological polar surface area (TPSA) is 90.9 Å².